The standard InChI is InChI=1S/C19H18ClN3O3S2/c20-18-15-3-2-14(9-13(15)1-4-16(18)21)28(25,26)22-17-5-7-23(19(17)24)10-12-6-8-27-11-12/h1-4,6,8-9,11,17,22H,5,7,10,21H2/t17-/m0/s1. The summed E-state index contributed by atoms with van der Waals surface area (Å²) in [4.78, 5) is 14.4. The van der Waals surface area contributed by atoms with Crippen LogP contribution in [-0.4, -0.2) is 31.8 Å². The average Bonchev–Trinajstić information content (AvgIpc) is 3.30. The van der Waals surface area contributed by atoms with Crippen LogP contribution in [0, 0.1) is 0 Å². The molecule has 1 atom stereocenters. The molecule has 4 rings (SSSR count). The Morgan fingerprint density at radius 2 is 2.07 bits per heavy atom. The first-order chi connectivity index (χ1) is 13.3. The van der Waals surface area contributed by atoms with E-state index in [9.17, 15) is 13.2 Å². The van der Waals surface area contributed by atoms with E-state index in [4.69, 9.17) is 17.3 Å². The van der Waals surface area contributed by atoms with E-state index >= 15 is 0 Å². The minimum Gasteiger partial charge on any atom is -0.398 e. The molecule has 0 aliphatic carbocycles. The Labute approximate surface area is 172 Å². The highest BCUT2D eigenvalue weighted by atomic mass is 35.5. The SMILES string of the molecule is Nc1ccc2cc(S(=O)(=O)N[C@H]3CCN(Cc4ccsc4)C3=O)ccc2c1Cl. The molecular weight excluding hydrogens is 418 g/mol. The van der Waals surface area contributed by atoms with Crippen molar-refractivity contribution >= 4 is 55.3 Å². The van der Waals surface area contributed by atoms with Crippen LogP contribution in [0.5, 0.6) is 0 Å². The van der Waals surface area contributed by atoms with E-state index in [1.807, 2.05) is 16.8 Å². The van der Waals surface area contributed by atoms with Gasteiger partial charge in [0.05, 0.1) is 15.6 Å². The molecule has 1 aromatic heterocycles. The predicted molar refractivity (Wildman–Crippen MR) is 112 cm³/mol. The van der Waals surface area contributed by atoms with Crippen molar-refractivity contribution in [1.29, 1.82) is 0 Å². The number of nitrogens with one attached hydrogen (secondary N) is 1. The molecule has 1 fully saturated rings. The van der Waals surface area contributed by atoms with Crippen molar-refractivity contribution in [2.75, 3.05) is 12.3 Å². The van der Waals surface area contributed by atoms with Crippen LogP contribution in [0.3, 0.4) is 0 Å². The van der Waals surface area contributed by atoms with Gasteiger partial charge in [0.1, 0.15) is 6.04 Å². The maximum atomic E-state index is 12.8. The smallest absolute Gasteiger partial charge is 0.241 e. The van der Waals surface area contributed by atoms with E-state index < -0.39 is 16.1 Å². The van der Waals surface area contributed by atoms with Crippen molar-refractivity contribution in [2.24, 2.45) is 0 Å². The summed E-state index contributed by atoms with van der Waals surface area (Å²) in [7, 11) is -3.85. The maximum absolute atomic E-state index is 12.8. The number of anilines is 1. The van der Waals surface area contributed by atoms with Crippen LogP contribution >= 0.6 is 22.9 Å². The third-order valence-electron chi connectivity index (χ3n) is 4.81. The topological polar surface area (TPSA) is 92.5 Å². The fourth-order valence-electron chi connectivity index (χ4n) is 3.32. The van der Waals surface area contributed by atoms with E-state index in [0.29, 0.717) is 41.0 Å². The van der Waals surface area contributed by atoms with Crippen molar-refractivity contribution in [3.63, 3.8) is 0 Å². The van der Waals surface area contributed by atoms with E-state index in [-0.39, 0.29) is 10.8 Å². The molecule has 1 saturated heterocycles. The first kappa shape index (κ1) is 19.2. The third kappa shape index (κ3) is 3.60. The van der Waals surface area contributed by atoms with Crippen LogP contribution in [-0.2, 0) is 21.4 Å². The minimum atomic E-state index is -3.85. The zero-order chi connectivity index (χ0) is 19.9. The first-order valence-electron chi connectivity index (χ1n) is 8.65. The van der Waals surface area contributed by atoms with Gasteiger partial charge in [-0.05, 0) is 52.4 Å². The summed E-state index contributed by atoms with van der Waals surface area (Å²) in [5.41, 5.74) is 7.28. The number of likely N-dealkylation sites (tertiary alicyclic amines) is 1. The summed E-state index contributed by atoms with van der Waals surface area (Å²) < 4.78 is 28.2. The molecule has 3 N–H and O–H groups in total. The predicted octanol–water partition coefficient (Wildman–Crippen LogP) is 3.22. The molecule has 0 unspecified atom stereocenters. The van der Waals surface area contributed by atoms with E-state index in [1.165, 1.54) is 12.1 Å². The summed E-state index contributed by atoms with van der Waals surface area (Å²) >= 11 is 7.75. The van der Waals surface area contributed by atoms with Crippen LogP contribution in [0.4, 0.5) is 5.69 Å². The lowest BCUT2D eigenvalue weighted by molar-refractivity contribution is -0.129. The molecule has 146 valence electrons. The van der Waals surface area contributed by atoms with Crippen LogP contribution < -0.4 is 10.5 Å². The Morgan fingerprint density at radius 1 is 1.25 bits per heavy atom. The number of sulfonamides is 1. The molecule has 2 aromatic carbocycles. The molecule has 3 aromatic rings. The lowest BCUT2D eigenvalue weighted by atomic mass is 10.1. The molecule has 1 aliphatic heterocycles. The fraction of sp³-hybridized carbons (Fsp3) is 0.211. The normalized spacial score (nSPS) is 17.5. The van der Waals surface area contributed by atoms with Crippen LogP contribution in [0.15, 0.2) is 52.1 Å². The monoisotopic (exact) mass is 435 g/mol. The van der Waals surface area contributed by atoms with Crippen LogP contribution in [0.1, 0.15) is 12.0 Å². The number of carbonyl (C=O) groups is 1. The molecule has 1 aliphatic rings. The van der Waals surface area contributed by atoms with Gasteiger partial charge in [0.25, 0.3) is 0 Å². The Balaban J connectivity index is 1.53. The number of hydrogen-bond donors (Lipinski definition) is 2. The molecule has 0 spiro atoms. The number of benzene rings is 2. The van der Waals surface area contributed by atoms with Gasteiger partial charge in [0, 0.05) is 18.5 Å². The highest BCUT2D eigenvalue weighted by Crippen LogP contribution is 2.30. The number of fused-ring (bicyclic) bond motifs is 1. The number of carbonyl (C=O) groups excluding carboxylic acids is 1. The minimum absolute atomic E-state index is 0.0879. The molecule has 2 heterocycles. The Morgan fingerprint density at radius 3 is 2.82 bits per heavy atom. The van der Waals surface area contributed by atoms with Gasteiger partial charge in [-0.2, -0.15) is 16.1 Å². The van der Waals surface area contributed by atoms with Gasteiger partial charge < -0.3 is 10.6 Å². The maximum Gasteiger partial charge on any atom is 0.241 e. The second kappa shape index (κ2) is 7.36. The lowest BCUT2D eigenvalue weighted by Gasteiger charge is -2.17. The number of amides is 1. The van der Waals surface area contributed by atoms with Crippen molar-refractivity contribution in [1.82, 2.24) is 9.62 Å². The molecule has 9 heteroatoms. The third-order valence-corrected chi connectivity index (χ3v) is 7.44. The molecule has 1 amide bonds. The van der Waals surface area contributed by atoms with Crippen LogP contribution in [0.25, 0.3) is 10.8 Å². The number of nitrogens with zero attached hydrogens (tertiary/aromatic N) is 1. The first-order valence-corrected chi connectivity index (χ1v) is 11.5. The fourth-order valence-corrected chi connectivity index (χ4v) is 5.47. The van der Waals surface area contributed by atoms with E-state index in [0.717, 1.165) is 5.56 Å². The molecular formula is C19H18ClN3O3S2. The number of nitrogens with two attached hydrogens (primary N) is 1. The van der Waals surface area contributed by atoms with Gasteiger partial charge in [0.2, 0.25) is 15.9 Å². The number of halogens is 1. The summed E-state index contributed by atoms with van der Waals surface area (Å²) in [6, 6.07) is 9.19. The Kier molecular flexibility index (Phi) is 5.05. The van der Waals surface area contributed by atoms with Gasteiger partial charge in [-0.3, -0.25) is 4.79 Å². The molecule has 0 bridgehead atoms. The average molecular weight is 436 g/mol. The van der Waals surface area contributed by atoms with Crippen molar-refractivity contribution < 1.29 is 13.2 Å². The van der Waals surface area contributed by atoms with E-state index in [1.54, 1.807) is 34.4 Å². The van der Waals surface area contributed by atoms with Crippen molar-refractivity contribution in [3.8, 4) is 0 Å². The van der Waals surface area contributed by atoms with Gasteiger partial charge >= 0.3 is 0 Å². The van der Waals surface area contributed by atoms with Gasteiger partial charge in [0.15, 0.2) is 0 Å². The zero-order valence-corrected chi connectivity index (χ0v) is 17.2. The molecule has 0 saturated carbocycles. The second-order valence-electron chi connectivity index (χ2n) is 6.71. The highest BCUT2D eigenvalue weighted by molar-refractivity contribution is 7.89. The van der Waals surface area contributed by atoms with Gasteiger partial charge in [-0.25, -0.2) is 8.42 Å². The largest absolute Gasteiger partial charge is 0.398 e. The van der Waals surface area contributed by atoms with Gasteiger partial charge in [-0.1, -0.05) is 23.7 Å². The number of rotatable bonds is 5. The van der Waals surface area contributed by atoms with Crippen molar-refractivity contribution in [2.45, 2.75) is 23.9 Å². The Hall–Kier alpha value is -2.13. The zero-order valence-electron chi connectivity index (χ0n) is 14.8. The highest BCUT2D eigenvalue weighted by Gasteiger charge is 2.35. The summed E-state index contributed by atoms with van der Waals surface area (Å²) in [6.45, 7) is 1.02. The van der Waals surface area contributed by atoms with E-state index in [2.05, 4.69) is 4.72 Å². The Bertz CT molecular complexity index is 1150. The number of nitrogen functional groups attached to an aromatic ring is 1. The molecule has 0 radical (unpaired) electrons. The number of thiophene rings is 1. The lowest BCUT2D eigenvalue weighted by Crippen LogP contribution is -2.41. The summed E-state index contributed by atoms with van der Waals surface area (Å²) in [5.74, 6) is -0.202. The van der Waals surface area contributed by atoms with Crippen molar-refractivity contribution in [3.05, 3.63) is 57.7 Å². The molecule has 28 heavy (non-hydrogen) atoms. The summed E-state index contributed by atoms with van der Waals surface area (Å²) in [6.07, 6.45) is 0.443. The van der Waals surface area contributed by atoms with Crippen LogP contribution in [0.2, 0.25) is 5.02 Å². The number of hydrogen-bond acceptors (Lipinski definition) is 5. The van der Waals surface area contributed by atoms with Gasteiger partial charge in [-0.15, -0.1) is 0 Å². The molecule has 6 nitrogen and oxygen atoms in total. The quantitative estimate of drug-likeness (QED) is 0.602. The summed E-state index contributed by atoms with van der Waals surface area (Å²) in [5, 5.41) is 5.68. The second-order valence-corrected chi connectivity index (χ2v) is 9.58.